The molecule has 106 valence electrons. The molecule has 0 saturated carbocycles. The van der Waals surface area contributed by atoms with E-state index in [1.807, 2.05) is 18.7 Å². The third-order valence-corrected chi connectivity index (χ3v) is 3.87. The van der Waals surface area contributed by atoms with Crippen LogP contribution in [0.25, 0.3) is 0 Å². The number of rotatable bonds is 5. The minimum Gasteiger partial charge on any atom is -0.338 e. The van der Waals surface area contributed by atoms with Crippen molar-refractivity contribution in [2.75, 3.05) is 32.7 Å². The summed E-state index contributed by atoms with van der Waals surface area (Å²) in [6, 6.07) is 0.702. The first-order chi connectivity index (χ1) is 8.58. The van der Waals surface area contributed by atoms with E-state index in [2.05, 4.69) is 24.1 Å². The molecule has 0 aromatic heterocycles. The van der Waals surface area contributed by atoms with E-state index < -0.39 is 0 Å². The highest BCUT2D eigenvalue weighted by molar-refractivity contribution is 5.74. The van der Waals surface area contributed by atoms with E-state index in [0.717, 1.165) is 26.2 Å². The van der Waals surface area contributed by atoms with Crippen LogP contribution in [0.2, 0.25) is 0 Å². The second-order valence-electron chi connectivity index (χ2n) is 5.46. The van der Waals surface area contributed by atoms with Crippen LogP contribution in [0.4, 0.5) is 4.79 Å². The molecule has 1 aliphatic rings. The second-order valence-corrected chi connectivity index (χ2v) is 5.46. The van der Waals surface area contributed by atoms with E-state index >= 15 is 0 Å². The molecule has 0 spiro atoms. The van der Waals surface area contributed by atoms with E-state index in [4.69, 9.17) is 0 Å². The van der Waals surface area contributed by atoms with Gasteiger partial charge >= 0.3 is 6.03 Å². The van der Waals surface area contributed by atoms with Crippen molar-refractivity contribution in [2.24, 2.45) is 5.92 Å². The summed E-state index contributed by atoms with van der Waals surface area (Å²) in [5, 5.41) is 3.07. The lowest BCUT2D eigenvalue weighted by atomic mass is 9.97. The van der Waals surface area contributed by atoms with Crippen LogP contribution in [0.15, 0.2) is 0 Å². The molecule has 18 heavy (non-hydrogen) atoms. The molecular formula is C14H29N3O. The van der Waals surface area contributed by atoms with Crippen LogP contribution in [-0.2, 0) is 0 Å². The van der Waals surface area contributed by atoms with Gasteiger partial charge in [-0.2, -0.15) is 0 Å². The van der Waals surface area contributed by atoms with E-state index in [9.17, 15) is 4.79 Å². The number of nitrogens with zero attached hydrogens (tertiary/aromatic N) is 2. The first kappa shape index (κ1) is 15.3. The Morgan fingerprint density at radius 1 is 1.39 bits per heavy atom. The van der Waals surface area contributed by atoms with Gasteiger partial charge < -0.3 is 15.1 Å². The minimum atomic E-state index is 0.0849. The van der Waals surface area contributed by atoms with Crippen molar-refractivity contribution in [3.63, 3.8) is 0 Å². The van der Waals surface area contributed by atoms with Crippen molar-refractivity contribution < 1.29 is 4.79 Å². The van der Waals surface area contributed by atoms with Crippen LogP contribution in [0, 0.1) is 5.92 Å². The van der Waals surface area contributed by atoms with Crippen molar-refractivity contribution in [1.29, 1.82) is 0 Å². The molecule has 1 aliphatic heterocycles. The number of amides is 2. The van der Waals surface area contributed by atoms with Gasteiger partial charge in [-0.05, 0) is 53.0 Å². The molecule has 0 bridgehead atoms. The fraction of sp³-hybridized carbons (Fsp3) is 0.929. The molecular weight excluding hydrogens is 226 g/mol. The topological polar surface area (TPSA) is 35.6 Å². The van der Waals surface area contributed by atoms with Crippen molar-refractivity contribution in [3.8, 4) is 0 Å². The highest BCUT2D eigenvalue weighted by Crippen LogP contribution is 2.17. The molecule has 0 radical (unpaired) electrons. The number of urea groups is 1. The average molecular weight is 255 g/mol. The van der Waals surface area contributed by atoms with Crippen LogP contribution >= 0.6 is 0 Å². The van der Waals surface area contributed by atoms with Gasteiger partial charge in [0, 0.05) is 32.2 Å². The van der Waals surface area contributed by atoms with Gasteiger partial charge in [-0.25, -0.2) is 4.79 Å². The fourth-order valence-corrected chi connectivity index (χ4v) is 2.59. The quantitative estimate of drug-likeness (QED) is 0.817. The van der Waals surface area contributed by atoms with E-state index in [1.54, 1.807) is 0 Å². The second kappa shape index (κ2) is 7.62. The number of carbonyl (C=O) groups excluding carboxylic acids is 1. The van der Waals surface area contributed by atoms with Gasteiger partial charge in [0.25, 0.3) is 0 Å². The molecule has 1 heterocycles. The maximum absolute atomic E-state index is 11.9. The fourth-order valence-electron chi connectivity index (χ4n) is 2.59. The smallest absolute Gasteiger partial charge is 0.317 e. The van der Waals surface area contributed by atoms with Crippen LogP contribution in [0.5, 0.6) is 0 Å². The lowest BCUT2D eigenvalue weighted by Gasteiger charge is -2.35. The third-order valence-electron chi connectivity index (χ3n) is 3.87. The lowest BCUT2D eigenvalue weighted by Crippen LogP contribution is -2.46. The summed E-state index contributed by atoms with van der Waals surface area (Å²) >= 11 is 0. The predicted octanol–water partition coefficient (Wildman–Crippen LogP) is 2.16. The van der Waals surface area contributed by atoms with Gasteiger partial charge in [0.05, 0.1) is 0 Å². The first-order valence-electron chi connectivity index (χ1n) is 7.35. The molecule has 2 amide bonds. The summed E-state index contributed by atoms with van der Waals surface area (Å²) in [6.07, 6.45) is 2.49. The number of hydrogen-bond donors (Lipinski definition) is 1. The van der Waals surface area contributed by atoms with Crippen LogP contribution in [0.3, 0.4) is 0 Å². The van der Waals surface area contributed by atoms with E-state index in [1.165, 1.54) is 19.4 Å². The molecule has 1 unspecified atom stereocenters. The third kappa shape index (κ3) is 4.48. The number of nitrogens with one attached hydrogen (secondary N) is 1. The Hall–Kier alpha value is -0.770. The molecule has 4 heteroatoms. The zero-order valence-electron chi connectivity index (χ0n) is 12.4. The first-order valence-corrected chi connectivity index (χ1v) is 7.35. The zero-order chi connectivity index (χ0) is 13.5. The Bertz CT molecular complexity index is 251. The molecule has 0 aromatic rings. The molecule has 0 aromatic carbocycles. The normalized spacial score (nSPS) is 21.1. The summed E-state index contributed by atoms with van der Waals surface area (Å²) in [7, 11) is 0. The Labute approximate surface area is 112 Å². The summed E-state index contributed by atoms with van der Waals surface area (Å²) in [6.45, 7) is 13.2. The SMILES string of the molecule is CCN(CC)C(=O)NCC1CCCN(C(C)C)C1. The summed E-state index contributed by atoms with van der Waals surface area (Å²) < 4.78 is 0. The molecule has 1 saturated heterocycles. The Kier molecular flexibility index (Phi) is 6.47. The Morgan fingerprint density at radius 2 is 2.06 bits per heavy atom. The largest absolute Gasteiger partial charge is 0.338 e. The maximum atomic E-state index is 11.9. The van der Waals surface area contributed by atoms with Crippen molar-refractivity contribution in [2.45, 2.75) is 46.6 Å². The van der Waals surface area contributed by atoms with Gasteiger partial charge in [-0.15, -0.1) is 0 Å². The monoisotopic (exact) mass is 255 g/mol. The van der Waals surface area contributed by atoms with E-state index in [0.29, 0.717) is 12.0 Å². The molecule has 1 fully saturated rings. The lowest BCUT2D eigenvalue weighted by molar-refractivity contribution is 0.137. The summed E-state index contributed by atoms with van der Waals surface area (Å²) in [4.78, 5) is 16.2. The van der Waals surface area contributed by atoms with Gasteiger partial charge in [0.15, 0.2) is 0 Å². The van der Waals surface area contributed by atoms with Gasteiger partial charge in [-0.3, -0.25) is 0 Å². The van der Waals surface area contributed by atoms with Gasteiger partial charge in [0.1, 0.15) is 0 Å². The molecule has 0 aliphatic carbocycles. The summed E-state index contributed by atoms with van der Waals surface area (Å²) in [5.74, 6) is 0.612. The van der Waals surface area contributed by atoms with E-state index in [-0.39, 0.29) is 6.03 Å². The van der Waals surface area contributed by atoms with Crippen LogP contribution in [-0.4, -0.2) is 54.6 Å². The maximum Gasteiger partial charge on any atom is 0.317 e. The average Bonchev–Trinajstić information content (AvgIpc) is 2.38. The molecule has 4 nitrogen and oxygen atoms in total. The standard InChI is InChI=1S/C14H29N3O/c1-5-16(6-2)14(18)15-10-13-8-7-9-17(11-13)12(3)4/h12-13H,5-11H2,1-4H3,(H,15,18). The zero-order valence-corrected chi connectivity index (χ0v) is 12.4. The highest BCUT2D eigenvalue weighted by atomic mass is 16.2. The van der Waals surface area contributed by atoms with Crippen LogP contribution < -0.4 is 5.32 Å². The van der Waals surface area contributed by atoms with Crippen molar-refractivity contribution in [1.82, 2.24) is 15.1 Å². The molecule has 1 rings (SSSR count). The predicted molar refractivity (Wildman–Crippen MR) is 75.8 cm³/mol. The number of likely N-dealkylation sites (tertiary alicyclic amines) is 1. The Balaban J connectivity index is 2.32. The molecule has 1 N–H and O–H groups in total. The summed E-state index contributed by atoms with van der Waals surface area (Å²) in [5.41, 5.74) is 0. The number of hydrogen-bond acceptors (Lipinski definition) is 2. The molecule has 1 atom stereocenters. The minimum absolute atomic E-state index is 0.0849. The highest BCUT2D eigenvalue weighted by Gasteiger charge is 2.22. The van der Waals surface area contributed by atoms with Crippen LogP contribution in [0.1, 0.15) is 40.5 Å². The number of piperidine rings is 1. The number of carbonyl (C=O) groups is 1. The van der Waals surface area contributed by atoms with Gasteiger partial charge in [0.2, 0.25) is 0 Å². The van der Waals surface area contributed by atoms with Gasteiger partial charge in [-0.1, -0.05) is 0 Å². The van der Waals surface area contributed by atoms with Crippen molar-refractivity contribution >= 4 is 6.03 Å². The van der Waals surface area contributed by atoms with Crippen molar-refractivity contribution in [3.05, 3.63) is 0 Å². The Morgan fingerprint density at radius 3 is 2.61 bits per heavy atom.